The summed E-state index contributed by atoms with van der Waals surface area (Å²) >= 11 is 0. The van der Waals surface area contributed by atoms with Crippen molar-refractivity contribution in [2.45, 2.75) is 102 Å². The van der Waals surface area contributed by atoms with E-state index in [1.54, 1.807) is 31.2 Å². The van der Waals surface area contributed by atoms with E-state index in [1.165, 1.54) is 38.5 Å². The van der Waals surface area contributed by atoms with Gasteiger partial charge in [0.05, 0.1) is 17.9 Å². The molecule has 0 aliphatic carbocycles. The molecule has 0 unspecified atom stereocenters. The molecule has 0 fully saturated rings. The molecule has 0 aliphatic rings. The first-order valence-electron chi connectivity index (χ1n) is 11.1. The van der Waals surface area contributed by atoms with E-state index in [9.17, 15) is 13.2 Å². The largest absolute Gasteiger partial charge is 0.466 e. The highest BCUT2D eigenvalue weighted by molar-refractivity contribution is 7.89. The highest BCUT2D eigenvalue weighted by Gasteiger charge is 2.22. The lowest BCUT2D eigenvalue weighted by Crippen LogP contribution is -2.36. The number of unbranched alkanes of at least 4 members (excludes halogenated alkanes) is 8. The van der Waals surface area contributed by atoms with Crippen molar-refractivity contribution in [3.8, 4) is 0 Å². The van der Waals surface area contributed by atoms with Gasteiger partial charge in [-0.25, -0.2) is 13.1 Å². The highest BCUT2D eigenvalue weighted by Crippen LogP contribution is 2.16. The van der Waals surface area contributed by atoms with Gasteiger partial charge in [-0.15, -0.1) is 0 Å². The van der Waals surface area contributed by atoms with Crippen LogP contribution in [0, 0.1) is 6.92 Å². The van der Waals surface area contributed by atoms with Gasteiger partial charge in [-0.2, -0.15) is 0 Å². The molecule has 1 rings (SSSR count). The summed E-state index contributed by atoms with van der Waals surface area (Å²) in [5, 5.41) is 0. The van der Waals surface area contributed by atoms with E-state index in [1.807, 2.05) is 6.92 Å². The Hall–Kier alpha value is -1.40. The van der Waals surface area contributed by atoms with E-state index in [4.69, 9.17) is 4.74 Å². The summed E-state index contributed by atoms with van der Waals surface area (Å²) in [6.45, 7) is 6.19. The summed E-state index contributed by atoms with van der Waals surface area (Å²) in [5.41, 5.74) is 1.00. The topological polar surface area (TPSA) is 72.5 Å². The third-order valence-corrected chi connectivity index (χ3v) is 6.56. The minimum Gasteiger partial charge on any atom is -0.466 e. The van der Waals surface area contributed by atoms with Gasteiger partial charge in [-0.3, -0.25) is 4.79 Å². The molecule has 1 aromatic rings. The van der Waals surface area contributed by atoms with Gasteiger partial charge in [0.15, 0.2) is 0 Å². The number of nitrogens with one attached hydrogen (secondary N) is 1. The van der Waals surface area contributed by atoms with Crippen molar-refractivity contribution in [1.82, 2.24) is 4.72 Å². The van der Waals surface area contributed by atoms with Crippen molar-refractivity contribution in [2.75, 3.05) is 6.61 Å². The third kappa shape index (κ3) is 11.4. The van der Waals surface area contributed by atoms with E-state index >= 15 is 0 Å². The van der Waals surface area contributed by atoms with Crippen LogP contribution in [0.1, 0.15) is 90.0 Å². The number of sulfonamides is 1. The van der Waals surface area contributed by atoms with Crippen molar-refractivity contribution in [3.05, 3.63) is 29.8 Å². The molecule has 6 heteroatoms. The van der Waals surface area contributed by atoms with Crippen LogP contribution < -0.4 is 4.72 Å². The number of esters is 1. The number of hydrogen-bond donors (Lipinski definition) is 1. The van der Waals surface area contributed by atoms with Gasteiger partial charge >= 0.3 is 5.97 Å². The molecule has 166 valence electrons. The average molecular weight is 426 g/mol. The molecule has 0 aromatic heterocycles. The molecule has 1 N–H and O–H groups in total. The van der Waals surface area contributed by atoms with Crippen LogP contribution in [0.5, 0.6) is 0 Å². The average Bonchev–Trinajstić information content (AvgIpc) is 2.67. The van der Waals surface area contributed by atoms with Crippen molar-refractivity contribution in [1.29, 1.82) is 0 Å². The summed E-state index contributed by atoms with van der Waals surface area (Å²) in [4.78, 5) is 12.1. The zero-order chi connectivity index (χ0) is 21.5. The van der Waals surface area contributed by atoms with Gasteiger partial charge in [0, 0.05) is 6.04 Å². The molecule has 0 saturated heterocycles. The van der Waals surface area contributed by atoms with Crippen molar-refractivity contribution >= 4 is 16.0 Å². The maximum Gasteiger partial charge on any atom is 0.307 e. The molecule has 1 aromatic carbocycles. The number of hydrogen-bond acceptors (Lipinski definition) is 4. The van der Waals surface area contributed by atoms with Gasteiger partial charge in [0.2, 0.25) is 10.0 Å². The molecule has 0 radical (unpaired) electrons. The van der Waals surface area contributed by atoms with Crippen molar-refractivity contribution < 1.29 is 17.9 Å². The zero-order valence-corrected chi connectivity index (χ0v) is 19.2. The van der Waals surface area contributed by atoms with Gasteiger partial charge in [-0.05, 0) is 32.4 Å². The quantitative estimate of drug-likeness (QED) is 0.280. The number of ether oxygens (including phenoxy) is 1. The Morgan fingerprint density at radius 2 is 1.48 bits per heavy atom. The van der Waals surface area contributed by atoms with Crippen molar-refractivity contribution in [3.63, 3.8) is 0 Å². The second-order valence-electron chi connectivity index (χ2n) is 7.76. The van der Waals surface area contributed by atoms with Crippen LogP contribution in [0.25, 0.3) is 0 Å². The fourth-order valence-corrected chi connectivity index (χ4v) is 4.60. The Morgan fingerprint density at radius 1 is 0.931 bits per heavy atom. The van der Waals surface area contributed by atoms with Crippen LogP contribution in [-0.4, -0.2) is 27.0 Å². The van der Waals surface area contributed by atoms with Crippen LogP contribution in [-0.2, 0) is 19.6 Å². The van der Waals surface area contributed by atoms with Crippen LogP contribution in [0.3, 0.4) is 0 Å². The first-order valence-corrected chi connectivity index (χ1v) is 12.6. The number of rotatable bonds is 16. The lowest BCUT2D eigenvalue weighted by molar-refractivity contribution is -0.143. The lowest BCUT2D eigenvalue weighted by Gasteiger charge is -2.18. The normalized spacial score (nSPS) is 12.7. The van der Waals surface area contributed by atoms with Gasteiger partial charge in [0.25, 0.3) is 0 Å². The molecule has 0 aliphatic heterocycles. The van der Waals surface area contributed by atoms with Crippen LogP contribution >= 0.6 is 0 Å². The minimum absolute atomic E-state index is 0.0654. The van der Waals surface area contributed by atoms with Crippen LogP contribution in [0.4, 0.5) is 0 Å². The molecule has 0 bridgehead atoms. The Balaban J connectivity index is 2.51. The minimum atomic E-state index is -3.65. The Bertz CT molecular complexity index is 671. The number of benzene rings is 1. The summed E-state index contributed by atoms with van der Waals surface area (Å²) in [6, 6.07) is 6.30. The van der Waals surface area contributed by atoms with E-state index < -0.39 is 16.1 Å². The van der Waals surface area contributed by atoms with Gasteiger partial charge < -0.3 is 4.74 Å². The molecule has 0 amide bonds. The second-order valence-corrected chi connectivity index (χ2v) is 9.47. The molecule has 29 heavy (non-hydrogen) atoms. The molecule has 1 atom stereocenters. The molecule has 5 nitrogen and oxygen atoms in total. The monoisotopic (exact) mass is 425 g/mol. The predicted molar refractivity (Wildman–Crippen MR) is 118 cm³/mol. The summed E-state index contributed by atoms with van der Waals surface area (Å²) in [6.07, 6.45) is 11.5. The SMILES string of the molecule is CCCCCCCCCCC[C@H](CC(=O)OCC)NS(=O)(=O)c1ccc(C)cc1. The zero-order valence-electron chi connectivity index (χ0n) is 18.4. The molecule has 0 saturated carbocycles. The Kier molecular flexibility index (Phi) is 12.9. The summed E-state index contributed by atoms with van der Waals surface area (Å²) in [7, 11) is -3.65. The molecular weight excluding hydrogens is 386 g/mol. The first-order chi connectivity index (χ1) is 13.9. The molecular formula is C23H39NO4S. The maximum atomic E-state index is 12.7. The summed E-state index contributed by atoms with van der Waals surface area (Å²) < 4.78 is 33.1. The smallest absolute Gasteiger partial charge is 0.307 e. The number of carbonyl (C=O) groups excluding carboxylic acids is 1. The number of aryl methyl sites for hydroxylation is 1. The standard InChI is InChI=1S/C23H39NO4S/c1-4-6-7-8-9-10-11-12-13-14-21(19-23(25)28-5-2)24-29(26,27)22-17-15-20(3)16-18-22/h15-18,21,24H,4-14,19H2,1-3H3/t21-/m1/s1. The van der Waals surface area contributed by atoms with E-state index in [-0.39, 0.29) is 17.3 Å². The van der Waals surface area contributed by atoms with E-state index in [0.717, 1.165) is 24.8 Å². The van der Waals surface area contributed by atoms with Crippen molar-refractivity contribution in [2.24, 2.45) is 0 Å². The fourth-order valence-electron chi connectivity index (χ4n) is 3.33. The van der Waals surface area contributed by atoms with Gasteiger partial charge in [0.1, 0.15) is 0 Å². The molecule has 0 spiro atoms. The summed E-state index contributed by atoms with van der Waals surface area (Å²) in [5.74, 6) is -0.361. The lowest BCUT2D eigenvalue weighted by atomic mass is 10.0. The maximum absolute atomic E-state index is 12.7. The van der Waals surface area contributed by atoms with Crippen LogP contribution in [0.2, 0.25) is 0 Å². The van der Waals surface area contributed by atoms with E-state index in [0.29, 0.717) is 13.0 Å². The number of carbonyl (C=O) groups is 1. The van der Waals surface area contributed by atoms with E-state index in [2.05, 4.69) is 11.6 Å². The third-order valence-electron chi connectivity index (χ3n) is 5.03. The molecule has 0 heterocycles. The second kappa shape index (κ2) is 14.6. The predicted octanol–water partition coefficient (Wildman–Crippen LogP) is 5.52. The van der Waals surface area contributed by atoms with Crippen LogP contribution in [0.15, 0.2) is 29.2 Å². The van der Waals surface area contributed by atoms with Gasteiger partial charge in [-0.1, -0.05) is 82.4 Å². The fraction of sp³-hybridized carbons (Fsp3) is 0.696. The Morgan fingerprint density at radius 3 is 2.03 bits per heavy atom. The Labute approximate surface area is 177 Å². The first kappa shape index (κ1) is 25.6. The highest BCUT2D eigenvalue weighted by atomic mass is 32.2.